The van der Waals surface area contributed by atoms with Gasteiger partial charge in [0.15, 0.2) is 5.82 Å². The second-order valence-electron chi connectivity index (χ2n) is 6.41. The molecule has 1 N–H and O–H groups in total. The highest BCUT2D eigenvalue weighted by molar-refractivity contribution is 7.89. The van der Waals surface area contributed by atoms with Crippen LogP contribution in [0.25, 0.3) is 0 Å². The number of piperidine rings is 1. The van der Waals surface area contributed by atoms with Gasteiger partial charge >= 0.3 is 0 Å². The molecule has 0 spiro atoms. The smallest absolute Gasteiger partial charge is 0.242 e. The number of amides is 1. The molecule has 2 aromatic rings. The first-order valence-electron chi connectivity index (χ1n) is 8.69. The van der Waals surface area contributed by atoms with Crippen LogP contribution in [-0.4, -0.2) is 49.0 Å². The monoisotopic (exact) mass is 412 g/mol. The van der Waals surface area contributed by atoms with E-state index in [1.807, 2.05) is 0 Å². The van der Waals surface area contributed by atoms with Gasteiger partial charge in [0.1, 0.15) is 4.90 Å². The van der Waals surface area contributed by atoms with Crippen LogP contribution in [0.2, 0.25) is 5.02 Å². The molecular formula is C17H21ClN4O4S. The lowest BCUT2D eigenvalue weighted by Crippen LogP contribution is -2.39. The third-order valence-electron chi connectivity index (χ3n) is 4.50. The fourth-order valence-electron chi connectivity index (χ4n) is 3.05. The maximum absolute atomic E-state index is 12.3. The number of hydrogen-bond donors (Lipinski definition) is 1. The average molecular weight is 413 g/mol. The lowest BCUT2D eigenvalue weighted by Gasteiger charge is -2.30. The molecule has 1 aromatic heterocycles. The van der Waals surface area contributed by atoms with Crippen LogP contribution >= 0.6 is 11.6 Å². The van der Waals surface area contributed by atoms with Crippen molar-refractivity contribution in [2.75, 3.05) is 19.6 Å². The molecule has 0 unspecified atom stereocenters. The average Bonchev–Trinajstić information content (AvgIpc) is 3.08. The number of sulfonamides is 1. The molecule has 27 heavy (non-hydrogen) atoms. The maximum Gasteiger partial charge on any atom is 0.242 e. The van der Waals surface area contributed by atoms with Crippen molar-refractivity contribution in [1.29, 1.82) is 0 Å². The van der Waals surface area contributed by atoms with E-state index in [-0.39, 0.29) is 34.7 Å². The van der Waals surface area contributed by atoms with Crippen LogP contribution in [-0.2, 0) is 14.8 Å². The summed E-state index contributed by atoms with van der Waals surface area (Å²) in [6, 6.07) is 6.19. The van der Waals surface area contributed by atoms with Gasteiger partial charge < -0.3 is 9.42 Å². The zero-order chi connectivity index (χ0) is 19.4. The Hall–Kier alpha value is -1.97. The first-order valence-corrected chi connectivity index (χ1v) is 10.5. The van der Waals surface area contributed by atoms with Crippen LogP contribution in [0.1, 0.15) is 36.9 Å². The molecule has 1 aliphatic rings. The molecule has 3 rings (SSSR count). The van der Waals surface area contributed by atoms with Crippen molar-refractivity contribution in [3.05, 3.63) is 41.0 Å². The van der Waals surface area contributed by atoms with Crippen molar-refractivity contribution < 1.29 is 17.7 Å². The minimum atomic E-state index is -3.74. The fourth-order valence-corrected chi connectivity index (χ4v) is 4.59. The number of aryl methyl sites for hydroxylation is 1. The van der Waals surface area contributed by atoms with E-state index in [0.29, 0.717) is 24.8 Å². The summed E-state index contributed by atoms with van der Waals surface area (Å²) in [7, 11) is -3.74. The van der Waals surface area contributed by atoms with E-state index < -0.39 is 10.0 Å². The number of hydrogen-bond acceptors (Lipinski definition) is 6. The first kappa shape index (κ1) is 19.8. The van der Waals surface area contributed by atoms with Crippen molar-refractivity contribution in [2.45, 2.75) is 37.0 Å². The normalized spacial score (nSPS) is 15.9. The molecule has 0 radical (unpaired) electrons. The number of nitrogens with zero attached hydrogens (tertiary/aromatic N) is 3. The molecule has 1 saturated heterocycles. The molecule has 8 nitrogen and oxygen atoms in total. The number of likely N-dealkylation sites (tertiary alicyclic amines) is 1. The third-order valence-corrected chi connectivity index (χ3v) is 6.46. The summed E-state index contributed by atoms with van der Waals surface area (Å²) in [5, 5.41) is 3.95. The molecule has 146 valence electrons. The summed E-state index contributed by atoms with van der Waals surface area (Å²) >= 11 is 5.93. The first-order chi connectivity index (χ1) is 12.9. The van der Waals surface area contributed by atoms with Gasteiger partial charge in [0.05, 0.1) is 5.02 Å². The maximum atomic E-state index is 12.3. The molecular weight excluding hydrogens is 392 g/mol. The van der Waals surface area contributed by atoms with Gasteiger partial charge in [-0.05, 0) is 31.9 Å². The van der Waals surface area contributed by atoms with Gasteiger partial charge in [-0.3, -0.25) is 4.79 Å². The Morgan fingerprint density at radius 1 is 1.33 bits per heavy atom. The molecule has 10 heteroatoms. The summed E-state index contributed by atoms with van der Waals surface area (Å²) < 4.78 is 32.2. The lowest BCUT2D eigenvalue weighted by atomic mass is 9.96. The Morgan fingerprint density at radius 2 is 2.04 bits per heavy atom. The Labute approximate surface area is 162 Å². The van der Waals surface area contributed by atoms with Gasteiger partial charge in [0, 0.05) is 32.0 Å². The molecule has 0 atom stereocenters. The Bertz CT molecular complexity index is 907. The van der Waals surface area contributed by atoms with Gasteiger partial charge in [-0.25, -0.2) is 13.1 Å². The highest BCUT2D eigenvalue weighted by Gasteiger charge is 2.27. The number of halogens is 1. The lowest BCUT2D eigenvalue weighted by molar-refractivity contribution is -0.132. The predicted molar refractivity (Wildman–Crippen MR) is 98.8 cm³/mol. The number of carbonyl (C=O) groups is 1. The van der Waals surface area contributed by atoms with Gasteiger partial charge in [-0.2, -0.15) is 4.98 Å². The quantitative estimate of drug-likeness (QED) is 0.778. The summed E-state index contributed by atoms with van der Waals surface area (Å²) in [6.45, 7) is 2.97. The molecule has 0 bridgehead atoms. The molecule has 2 heterocycles. The summed E-state index contributed by atoms with van der Waals surface area (Å²) in [6.07, 6.45) is 1.59. The number of rotatable bonds is 6. The predicted octanol–water partition coefficient (Wildman–Crippen LogP) is 2.11. The zero-order valence-electron chi connectivity index (χ0n) is 14.9. The van der Waals surface area contributed by atoms with E-state index in [1.165, 1.54) is 12.1 Å². The van der Waals surface area contributed by atoms with E-state index in [2.05, 4.69) is 14.9 Å². The van der Waals surface area contributed by atoms with Gasteiger partial charge in [-0.15, -0.1) is 0 Å². The largest absolute Gasteiger partial charge is 0.343 e. The second kappa shape index (κ2) is 8.37. The summed E-state index contributed by atoms with van der Waals surface area (Å²) in [5.74, 6) is 1.30. The van der Waals surface area contributed by atoms with Crippen molar-refractivity contribution in [3.63, 3.8) is 0 Å². The van der Waals surface area contributed by atoms with Gasteiger partial charge in [0.2, 0.25) is 21.8 Å². The van der Waals surface area contributed by atoms with Crippen molar-refractivity contribution in [1.82, 2.24) is 19.8 Å². The number of carbonyl (C=O) groups excluding carboxylic acids is 1. The molecule has 1 aliphatic heterocycles. The summed E-state index contributed by atoms with van der Waals surface area (Å²) in [5.41, 5.74) is 0. The molecule has 1 aromatic carbocycles. The minimum Gasteiger partial charge on any atom is -0.343 e. The highest BCUT2D eigenvalue weighted by atomic mass is 35.5. The summed E-state index contributed by atoms with van der Waals surface area (Å²) in [4.78, 5) is 18.3. The Balaban J connectivity index is 1.47. The van der Waals surface area contributed by atoms with E-state index in [0.717, 1.165) is 12.8 Å². The SMILES string of the molecule is Cc1noc(C2CCN(C(=O)CCNS(=O)(=O)c3ccccc3Cl)CC2)n1. The number of benzene rings is 1. The van der Waals surface area contributed by atoms with E-state index >= 15 is 0 Å². The molecule has 1 fully saturated rings. The van der Waals surface area contributed by atoms with Crippen LogP contribution < -0.4 is 4.72 Å². The van der Waals surface area contributed by atoms with Gasteiger partial charge in [-0.1, -0.05) is 28.9 Å². The second-order valence-corrected chi connectivity index (χ2v) is 8.56. The van der Waals surface area contributed by atoms with Gasteiger partial charge in [0.25, 0.3) is 0 Å². The van der Waals surface area contributed by atoms with E-state index in [9.17, 15) is 13.2 Å². The minimum absolute atomic E-state index is 0.00906. The van der Waals surface area contributed by atoms with Crippen molar-refractivity contribution in [2.24, 2.45) is 0 Å². The van der Waals surface area contributed by atoms with E-state index in [1.54, 1.807) is 24.0 Å². The third kappa shape index (κ3) is 4.85. The standard InChI is InChI=1S/C17H21ClN4O4S/c1-12-20-17(26-21-12)13-7-10-22(11-8-13)16(23)6-9-19-27(24,25)15-5-3-2-4-14(15)18/h2-5,13,19H,6-11H2,1H3. The fraction of sp³-hybridized carbons (Fsp3) is 0.471. The van der Waals surface area contributed by atoms with Crippen molar-refractivity contribution in [3.8, 4) is 0 Å². The van der Waals surface area contributed by atoms with Crippen LogP contribution in [0.15, 0.2) is 33.7 Å². The van der Waals surface area contributed by atoms with Crippen LogP contribution in [0, 0.1) is 6.92 Å². The van der Waals surface area contributed by atoms with Crippen LogP contribution in [0.5, 0.6) is 0 Å². The highest BCUT2D eigenvalue weighted by Crippen LogP contribution is 2.27. The van der Waals surface area contributed by atoms with Crippen LogP contribution in [0.3, 0.4) is 0 Å². The molecule has 0 saturated carbocycles. The molecule has 1 amide bonds. The van der Waals surface area contributed by atoms with E-state index in [4.69, 9.17) is 16.1 Å². The zero-order valence-corrected chi connectivity index (χ0v) is 16.5. The number of nitrogens with one attached hydrogen (secondary N) is 1. The molecule has 0 aliphatic carbocycles. The Kier molecular flexibility index (Phi) is 6.13. The number of aromatic nitrogens is 2. The van der Waals surface area contributed by atoms with Crippen molar-refractivity contribution >= 4 is 27.5 Å². The topological polar surface area (TPSA) is 105 Å². The van der Waals surface area contributed by atoms with Crippen LogP contribution in [0.4, 0.5) is 0 Å². The Morgan fingerprint density at radius 3 is 2.67 bits per heavy atom.